The molecule has 0 aromatic carbocycles. The molecule has 0 bridgehead atoms. The molecule has 0 spiro atoms. The molecule has 0 unspecified atom stereocenters. The second kappa shape index (κ2) is 24.3. The van der Waals surface area contributed by atoms with Crippen LogP contribution >= 0.6 is 0 Å². The number of carboxylic acid groups (broad SMARTS) is 1. The molecule has 6 heteroatoms. The van der Waals surface area contributed by atoms with E-state index in [1.807, 2.05) is 0 Å². The van der Waals surface area contributed by atoms with E-state index in [1.54, 1.807) is 0 Å². The van der Waals surface area contributed by atoms with Crippen molar-refractivity contribution in [2.75, 3.05) is 52.4 Å². The number of nitrogens with one attached hydrogen (secondary N) is 4. The smallest absolute Gasteiger partial charge is 0.303 e. The molecule has 6 nitrogen and oxygen atoms in total. The first-order valence-electron chi connectivity index (χ1n) is 11.8. The zero-order chi connectivity index (χ0) is 20.5. The fourth-order valence-corrected chi connectivity index (χ4v) is 3.14. The molecule has 0 aliphatic heterocycles. The average molecular weight is 401 g/mol. The zero-order valence-corrected chi connectivity index (χ0v) is 18.5. The Labute approximate surface area is 174 Å². The van der Waals surface area contributed by atoms with Gasteiger partial charge in [0.25, 0.3) is 0 Å². The van der Waals surface area contributed by atoms with Crippen molar-refractivity contribution in [1.82, 2.24) is 21.3 Å². The molecule has 0 atom stereocenters. The van der Waals surface area contributed by atoms with Gasteiger partial charge in [-0.3, -0.25) is 4.79 Å². The van der Waals surface area contributed by atoms with Crippen molar-refractivity contribution in [1.29, 1.82) is 0 Å². The van der Waals surface area contributed by atoms with Gasteiger partial charge in [0.1, 0.15) is 0 Å². The fraction of sp³-hybridized carbons (Fsp3) is 0.955. The van der Waals surface area contributed by atoms with Crippen LogP contribution in [0.2, 0.25) is 0 Å². The third-order valence-corrected chi connectivity index (χ3v) is 4.89. The Morgan fingerprint density at radius 3 is 1.29 bits per heavy atom. The van der Waals surface area contributed by atoms with Crippen molar-refractivity contribution >= 4 is 5.97 Å². The highest BCUT2D eigenvalue weighted by Crippen LogP contribution is 2.00. The lowest BCUT2D eigenvalue weighted by Gasteiger charge is -2.07. The van der Waals surface area contributed by atoms with Gasteiger partial charge in [-0.2, -0.15) is 0 Å². The summed E-state index contributed by atoms with van der Waals surface area (Å²) in [7, 11) is 0. The Hall–Kier alpha value is -0.690. The van der Waals surface area contributed by atoms with E-state index < -0.39 is 5.97 Å². The summed E-state index contributed by atoms with van der Waals surface area (Å²) < 4.78 is 0. The van der Waals surface area contributed by atoms with Gasteiger partial charge in [-0.1, -0.05) is 39.0 Å². The van der Waals surface area contributed by atoms with Gasteiger partial charge in [0, 0.05) is 19.5 Å². The topological polar surface area (TPSA) is 85.4 Å². The number of hydrogen-bond acceptors (Lipinski definition) is 5. The Bertz CT molecular complexity index is 317. The molecule has 0 aliphatic rings. The van der Waals surface area contributed by atoms with Gasteiger partial charge in [-0.15, -0.1) is 0 Å². The van der Waals surface area contributed by atoms with E-state index in [-0.39, 0.29) is 0 Å². The fourth-order valence-electron chi connectivity index (χ4n) is 3.14. The van der Waals surface area contributed by atoms with Crippen molar-refractivity contribution in [3.05, 3.63) is 0 Å². The molecule has 0 amide bonds. The van der Waals surface area contributed by atoms with Crippen molar-refractivity contribution in [3.63, 3.8) is 0 Å². The molecule has 0 aromatic rings. The zero-order valence-electron chi connectivity index (χ0n) is 18.5. The molecule has 0 aliphatic carbocycles. The van der Waals surface area contributed by atoms with E-state index in [2.05, 4.69) is 28.2 Å². The van der Waals surface area contributed by atoms with E-state index >= 15 is 0 Å². The number of carboxylic acids is 1. The summed E-state index contributed by atoms with van der Waals surface area (Å²) in [6.45, 7) is 10.9. The van der Waals surface area contributed by atoms with Gasteiger partial charge < -0.3 is 26.4 Å². The summed E-state index contributed by atoms with van der Waals surface area (Å²) in [6.07, 6.45) is 13.7. The highest BCUT2D eigenvalue weighted by atomic mass is 16.4. The number of hydrogen-bond donors (Lipinski definition) is 5. The molecule has 0 saturated carbocycles. The Morgan fingerprint density at radius 1 is 0.536 bits per heavy atom. The molecular weight excluding hydrogens is 352 g/mol. The van der Waals surface area contributed by atoms with Crippen LogP contribution in [0, 0.1) is 0 Å². The molecule has 0 heterocycles. The summed E-state index contributed by atoms with van der Waals surface area (Å²) >= 11 is 0. The van der Waals surface area contributed by atoms with E-state index in [0.29, 0.717) is 6.42 Å². The Kier molecular flexibility index (Phi) is 23.7. The summed E-state index contributed by atoms with van der Waals surface area (Å²) in [6, 6.07) is 0. The highest BCUT2D eigenvalue weighted by Gasteiger charge is 1.96. The van der Waals surface area contributed by atoms with E-state index in [4.69, 9.17) is 5.11 Å². The predicted molar refractivity (Wildman–Crippen MR) is 120 cm³/mol. The molecule has 28 heavy (non-hydrogen) atoms. The van der Waals surface area contributed by atoms with Crippen LogP contribution in [0.15, 0.2) is 0 Å². The summed E-state index contributed by atoms with van der Waals surface area (Å²) in [5, 5.41) is 22.4. The SMILES string of the molecule is CCNCCCCCCNCCCCCCNCCNCCCCCC(=O)O. The molecule has 0 radical (unpaired) electrons. The van der Waals surface area contributed by atoms with E-state index in [9.17, 15) is 4.79 Å². The van der Waals surface area contributed by atoms with Crippen molar-refractivity contribution < 1.29 is 9.90 Å². The van der Waals surface area contributed by atoms with Crippen LogP contribution in [0.5, 0.6) is 0 Å². The maximum absolute atomic E-state index is 10.4. The minimum Gasteiger partial charge on any atom is -0.481 e. The lowest BCUT2D eigenvalue weighted by Crippen LogP contribution is -2.28. The largest absolute Gasteiger partial charge is 0.481 e. The van der Waals surface area contributed by atoms with Crippen molar-refractivity contribution in [2.24, 2.45) is 0 Å². The highest BCUT2D eigenvalue weighted by molar-refractivity contribution is 5.66. The standard InChI is InChI=1S/C22H48N4O2/c1-2-23-15-9-3-4-10-16-24-17-11-5-6-12-18-25-20-21-26-19-13-7-8-14-22(27)28/h23-26H,2-21H2,1H3,(H,27,28). The first-order chi connectivity index (χ1) is 13.8. The van der Waals surface area contributed by atoms with Gasteiger partial charge in [0.15, 0.2) is 0 Å². The normalized spacial score (nSPS) is 11.2. The number of unbranched alkanes of at least 4 members (excludes halogenated alkanes) is 8. The van der Waals surface area contributed by atoms with Crippen molar-refractivity contribution in [2.45, 2.75) is 84.0 Å². The molecule has 168 valence electrons. The van der Waals surface area contributed by atoms with Gasteiger partial charge in [0.05, 0.1) is 0 Å². The van der Waals surface area contributed by atoms with Gasteiger partial charge >= 0.3 is 5.97 Å². The van der Waals surface area contributed by atoms with E-state index in [1.165, 1.54) is 71.0 Å². The van der Waals surface area contributed by atoms with Crippen molar-refractivity contribution in [3.8, 4) is 0 Å². The number of rotatable bonds is 24. The monoisotopic (exact) mass is 400 g/mol. The Morgan fingerprint density at radius 2 is 0.893 bits per heavy atom. The number of aliphatic carboxylic acids is 1. The lowest BCUT2D eigenvalue weighted by atomic mass is 10.2. The molecular formula is C22H48N4O2. The second-order valence-electron chi connectivity index (χ2n) is 7.64. The first-order valence-corrected chi connectivity index (χ1v) is 11.8. The summed E-state index contributed by atoms with van der Waals surface area (Å²) in [5.41, 5.74) is 0. The van der Waals surface area contributed by atoms with Crippen LogP contribution in [0.3, 0.4) is 0 Å². The third-order valence-electron chi connectivity index (χ3n) is 4.89. The van der Waals surface area contributed by atoms with Crippen LogP contribution in [0.25, 0.3) is 0 Å². The van der Waals surface area contributed by atoms with Gasteiger partial charge in [-0.25, -0.2) is 0 Å². The molecule has 0 fully saturated rings. The molecule has 0 aromatic heterocycles. The summed E-state index contributed by atoms with van der Waals surface area (Å²) in [5.74, 6) is -0.685. The van der Waals surface area contributed by atoms with Gasteiger partial charge in [0.2, 0.25) is 0 Å². The van der Waals surface area contributed by atoms with Crippen LogP contribution in [-0.4, -0.2) is 63.4 Å². The number of carbonyl (C=O) groups is 1. The van der Waals surface area contributed by atoms with Crippen LogP contribution in [-0.2, 0) is 4.79 Å². The van der Waals surface area contributed by atoms with Gasteiger partial charge in [-0.05, 0) is 77.8 Å². The quantitative estimate of drug-likeness (QED) is 0.160. The first kappa shape index (κ1) is 27.3. The third kappa shape index (κ3) is 25.3. The maximum Gasteiger partial charge on any atom is 0.303 e. The van der Waals surface area contributed by atoms with Crippen LogP contribution in [0.4, 0.5) is 0 Å². The lowest BCUT2D eigenvalue weighted by molar-refractivity contribution is -0.137. The van der Waals surface area contributed by atoms with E-state index in [0.717, 1.165) is 52.0 Å². The van der Waals surface area contributed by atoms with Crippen LogP contribution in [0.1, 0.15) is 84.0 Å². The second-order valence-corrected chi connectivity index (χ2v) is 7.64. The molecule has 0 saturated heterocycles. The molecule has 0 rings (SSSR count). The Balaban J connectivity index is 2.99. The predicted octanol–water partition coefficient (Wildman–Crippen LogP) is 3.13. The van der Waals surface area contributed by atoms with Crippen LogP contribution < -0.4 is 21.3 Å². The molecule has 5 N–H and O–H groups in total. The minimum absolute atomic E-state index is 0.301. The maximum atomic E-state index is 10.4. The minimum atomic E-state index is -0.685. The summed E-state index contributed by atoms with van der Waals surface area (Å²) in [4.78, 5) is 10.4. The average Bonchev–Trinajstić information content (AvgIpc) is 2.68.